The lowest BCUT2D eigenvalue weighted by Gasteiger charge is -2.42. The summed E-state index contributed by atoms with van der Waals surface area (Å²) < 4.78 is 5.41. The third-order valence-corrected chi connectivity index (χ3v) is 4.42. The number of carbonyl (C=O) groups excluding carboxylic acids is 1. The van der Waals surface area contributed by atoms with Gasteiger partial charge >= 0.3 is 6.09 Å². The first-order valence-electron chi connectivity index (χ1n) is 6.37. The number of fused-ring (bicyclic) bond motifs is 1. The Labute approximate surface area is 112 Å². The van der Waals surface area contributed by atoms with Crippen molar-refractivity contribution >= 4 is 17.9 Å². The minimum atomic E-state index is -0.489. The molecule has 2 atom stereocenters. The molecule has 2 heterocycles. The molecule has 2 aliphatic heterocycles. The van der Waals surface area contributed by atoms with Crippen molar-refractivity contribution in [2.45, 2.75) is 37.8 Å². The van der Waals surface area contributed by atoms with E-state index in [-0.39, 0.29) is 18.7 Å². The molecule has 104 valence electrons. The van der Waals surface area contributed by atoms with Crippen molar-refractivity contribution in [3.8, 4) is 0 Å². The lowest BCUT2D eigenvalue weighted by Crippen LogP contribution is -2.59. The van der Waals surface area contributed by atoms with Crippen LogP contribution >= 0.6 is 11.8 Å². The number of hydrogen-bond acceptors (Lipinski definition) is 5. The smallest absolute Gasteiger partial charge is 0.410 e. The van der Waals surface area contributed by atoms with Gasteiger partial charge in [-0.3, -0.25) is 9.80 Å². The van der Waals surface area contributed by atoms with Crippen LogP contribution in [0.4, 0.5) is 4.79 Å². The van der Waals surface area contributed by atoms with E-state index >= 15 is 0 Å². The van der Waals surface area contributed by atoms with Crippen molar-refractivity contribution in [3.05, 3.63) is 0 Å². The fourth-order valence-electron chi connectivity index (χ4n) is 2.32. The summed E-state index contributed by atoms with van der Waals surface area (Å²) in [4.78, 5) is 16.2. The summed E-state index contributed by atoms with van der Waals surface area (Å²) in [6, 6.07) is -0.144. The zero-order chi connectivity index (χ0) is 13.3. The average Bonchev–Trinajstić information content (AvgIpc) is 2.71. The fourth-order valence-corrected chi connectivity index (χ4v) is 3.60. The number of thioether (sulfide) groups is 1. The predicted molar refractivity (Wildman–Crippen MR) is 71.6 cm³/mol. The lowest BCUT2D eigenvalue weighted by molar-refractivity contribution is -0.0129. The van der Waals surface area contributed by atoms with Gasteiger partial charge in [0.05, 0.1) is 18.0 Å². The van der Waals surface area contributed by atoms with Crippen molar-refractivity contribution in [3.63, 3.8) is 0 Å². The molecule has 0 bridgehead atoms. The zero-order valence-electron chi connectivity index (χ0n) is 11.3. The summed E-state index contributed by atoms with van der Waals surface area (Å²) in [7, 11) is 0. The standard InChI is InChI=1S/C12H22N2O3S/c1-12(2,3)17-11(16)14-7-10-13(4-5-18-10)6-9(14)8-15/h9-10,15H,4-8H2,1-3H3/t9-,10?/m1/s1. The van der Waals surface area contributed by atoms with Gasteiger partial charge in [-0.25, -0.2) is 4.79 Å². The third-order valence-electron chi connectivity index (χ3n) is 3.17. The quantitative estimate of drug-likeness (QED) is 0.772. The molecule has 0 spiro atoms. The minimum absolute atomic E-state index is 0.00682. The molecule has 6 heteroatoms. The third kappa shape index (κ3) is 3.10. The molecule has 0 saturated carbocycles. The molecule has 2 aliphatic rings. The van der Waals surface area contributed by atoms with Crippen molar-refractivity contribution in [1.82, 2.24) is 9.80 Å². The number of rotatable bonds is 1. The number of nitrogens with zero attached hydrogens (tertiary/aromatic N) is 2. The zero-order valence-corrected chi connectivity index (χ0v) is 12.1. The van der Waals surface area contributed by atoms with Gasteiger partial charge in [-0.05, 0) is 20.8 Å². The van der Waals surface area contributed by atoms with Gasteiger partial charge in [0.25, 0.3) is 0 Å². The monoisotopic (exact) mass is 274 g/mol. The molecule has 1 unspecified atom stereocenters. The molecule has 0 radical (unpaired) electrons. The van der Waals surface area contributed by atoms with Crippen molar-refractivity contribution in [1.29, 1.82) is 0 Å². The number of hydrogen-bond donors (Lipinski definition) is 1. The Bertz CT molecular complexity index is 319. The molecule has 2 fully saturated rings. The Kier molecular flexibility index (Phi) is 4.08. The maximum absolute atomic E-state index is 12.1. The van der Waals surface area contributed by atoms with Crippen LogP contribution in [0.5, 0.6) is 0 Å². The molecule has 0 aromatic heterocycles. The topological polar surface area (TPSA) is 53.0 Å². The molecule has 0 aromatic rings. The van der Waals surface area contributed by atoms with E-state index in [4.69, 9.17) is 4.74 Å². The average molecular weight is 274 g/mol. The van der Waals surface area contributed by atoms with E-state index in [9.17, 15) is 9.90 Å². The molecule has 1 amide bonds. The minimum Gasteiger partial charge on any atom is -0.444 e. The lowest BCUT2D eigenvalue weighted by atomic mass is 10.2. The maximum Gasteiger partial charge on any atom is 0.410 e. The Balaban J connectivity index is 2.03. The van der Waals surface area contributed by atoms with Crippen LogP contribution in [0.15, 0.2) is 0 Å². The fraction of sp³-hybridized carbons (Fsp3) is 0.917. The van der Waals surface area contributed by atoms with Crippen molar-refractivity contribution in [2.75, 3.05) is 32.0 Å². The molecule has 18 heavy (non-hydrogen) atoms. The highest BCUT2D eigenvalue weighted by atomic mass is 32.2. The van der Waals surface area contributed by atoms with Crippen LogP contribution in [0.3, 0.4) is 0 Å². The summed E-state index contributed by atoms with van der Waals surface area (Å²) in [5, 5.41) is 9.81. The molecular formula is C12H22N2O3S. The van der Waals surface area contributed by atoms with E-state index in [0.717, 1.165) is 18.8 Å². The number of carbonyl (C=O) groups is 1. The van der Waals surface area contributed by atoms with Gasteiger partial charge in [0.2, 0.25) is 0 Å². The van der Waals surface area contributed by atoms with Crippen LogP contribution in [-0.2, 0) is 4.74 Å². The molecule has 0 aromatic carbocycles. The van der Waals surface area contributed by atoms with E-state index in [1.807, 2.05) is 32.5 Å². The number of amides is 1. The first-order chi connectivity index (χ1) is 8.40. The van der Waals surface area contributed by atoms with E-state index in [1.165, 1.54) is 0 Å². The highest BCUT2D eigenvalue weighted by Crippen LogP contribution is 2.30. The van der Waals surface area contributed by atoms with E-state index in [2.05, 4.69) is 4.90 Å². The summed E-state index contributed by atoms with van der Waals surface area (Å²) in [6.07, 6.45) is -0.311. The Morgan fingerprint density at radius 1 is 1.44 bits per heavy atom. The first kappa shape index (κ1) is 14.0. The molecule has 0 aliphatic carbocycles. The van der Waals surface area contributed by atoms with Crippen LogP contribution in [0.1, 0.15) is 20.8 Å². The van der Waals surface area contributed by atoms with Crippen LogP contribution in [0, 0.1) is 0 Å². The highest BCUT2D eigenvalue weighted by Gasteiger charge is 2.40. The van der Waals surface area contributed by atoms with E-state index in [1.54, 1.807) is 4.90 Å². The van der Waals surface area contributed by atoms with E-state index in [0.29, 0.717) is 11.9 Å². The number of piperazine rings is 1. The maximum atomic E-state index is 12.1. The molecular weight excluding hydrogens is 252 g/mol. The van der Waals surface area contributed by atoms with Gasteiger partial charge in [-0.1, -0.05) is 0 Å². The second-order valence-corrected chi connectivity index (χ2v) is 7.08. The number of aliphatic hydroxyl groups excluding tert-OH is 1. The van der Waals surface area contributed by atoms with E-state index < -0.39 is 5.60 Å². The number of ether oxygens (including phenoxy) is 1. The van der Waals surface area contributed by atoms with Crippen molar-refractivity contribution < 1.29 is 14.6 Å². The van der Waals surface area contributed by atoms with Gasteiger partial charge < -0.3 is 9.84 Å². The van der Waals surface area contributed by atoms with Gasteiger partial charge in [-0.2, -0.15) is 0 Å². The normalized spacial score (nSPS) is 29.2. The number of aliphatic hydroxyl groups is 1. The van der Waals surface area contributed by atoms with Crippen LogP contribution in [0.25, 0.3) is 0 Å². The summed E-state index contributed by atoms with van der Waals surface area (Å²) in [5.41, 5.74) is -0.489. The molecule has 2 rings (SSSR count). The Morgan fingerprint density at radius 2 is 2.17 bits per heavy atom. The first-order valence-corrected chi connectivity index (χ1v) is 7.42. The largest absolute Gasteiger partial charge is 0.444 e. The summed E-state index contributed by atoms with van der Waals surface area (Å²) in [5.74, 6) is 1.10. The van der Waals surface area contributed by atoms with Gasteiger partial charge in [0.15, 0.2) is 0 Å². The van der Waals surface area contributed by atoms with Crippen LogP contribution in [-0.4, -0.2) is 70.0 Å². The Hall–Kier alpha value is -0.460. The second-order valence-electron chi connectivity index (χ2n) is 5.79. The molecule has 5 nitrogen and oxygen atoms in total. The van der Waals surface area contributed by atoms with Gasteiger partial charge in [-0.15, -0.1) is 11.8 Å². The van der Waals surface area contributed by atoms with Crippen LogP contribution < -0.4 is 0 Å². The van der Waals surface area contributed by atoms with Gasteiger partial charge in [0, 0.05) is 25.4 Å². The SMILES string of the molecule is CC(C)(C)OC(=O)N1CC2SCCN2C[C@@H]1CO. The molecule has 1 N–H and O–H groups in total. The van der Waals surface area contributed by atoms with Crippen molar-refractivity contribution in [2.24, 2.45) is 0 Å². The predicted octanol–water partition coefficient (Wildman–Crippen LogP) is 0.973. The summed E-state index contributed by atoms with van der Waals surface area (Å²) >= 11 is 1.87. The van der Waals surface area contributed by atoms with Crippen LogP contribution in [0.2, 0.25) is 0 Å². The summed E-state index contributed by atoms with van der Waals surface area (Å²) in [6.45, 7) is 8.01. The Morgan fingerprint density at radius 3 is 2.78 bits per heavy atom. The van der Waals surface area contributed by atoms with Gasteiger partial charge in [0.1, 0.15) is 5.60 Å². The second kappa shape index (κ2) is 5.27. The molecule has 2 saturated heterocycles. The highest BCUT2D eigenvalue weighted by molar-refractivity contribution is 8.00.